The Hall–Kier alpha value is -3.18. The summed E-state index contributed by atoms with van der Waals surface area (Å²) in [4.78, 5) is 13.3. The standard InChI is InChI=1S/C18H17FN6/c1-2-25(11-10-22-24-20)17-5-3-4-16-14(17)7-8-15(23-16)13-6-9-18(19)21-12-13/h3-9,12H,2,10-11H2,1H3. The highest BCUT2D eigenvalue weighted by Gasteiger charge is 2.10. The largest absolute Gasteiger partial charge is 0.371 e. The lowest BCUT2D eigenvalue weighted by Gasteiger charge is -2.23. The SMILES string of the molecule is CCN(CCN=[N+]=[N-])c1cccc2nc(-c3ccc(F)nc3)ccc12. The Morgan fingerprint density at radius 2 is 2.08 bits per heavy atom. The molecule has 0 atom stereocenters. The Morgan fingerprint density at radius 3 is 2.80 bits per heavy atom. The van der Waals surface area contributed by atoms with Gasteiger partial charge in [0.15, 0.2) is 0 Å². The monoisotopic (exact) mass is 336 g/mol. The third-order valence-electron chi connectivity index (χ3n) is 3.99. The molecule has 3 aromatic rings. The van der Waals surface area contributed by atoms with Crippen LogP contribution in [-0.2, 0) is 0 Å². The molecular weight excluding hydrogens is 319 g/mol. The molecular formula is C18H17FN6. The van der Waals surface area contributed by atoms with E-state index < -0.39 is 5.95 Å². The first-order valence-electron chi connectivity index (χ1n) is 8.00. The molecule has 0 saturated heterocycles. The molecule has 0 bridgehead atoms. The quantitative estimate of drug-likeness (QED) is 0.286. The van der Waals surface area contributed by atoms with Crippen molar-refractivity contribution in [3.8, 4) is 11.3 Å². The normalized spacial score (nSPS) is 10.5. The molecule has 0 aliphatic carbocycles. The molecule has 2 heterocycles. The molecule has 6 nitrogen and oxygen atoms in total. The van der Waals surface area contributed by atoms with Crippen molar-refractivity contribution in [1.82, 2.24) is 9.97 Å². The number of hydrogen-bond donors (Lipinski definition) is 0. The van der Waals surface area contributed by atoms with Crippen molar-refractivity contribution >= 4 is 16.6 Å². The van der Waals surface area contributed by atoms with E-state index in [4.69, 9.17) is 5.53 Å². The molecule has 126 valence electrons. The lowest BCUT2D eigenvalue weighted by atomic mass is 10.1. The van der Waals surface area contributed by atoms with Gasteiger partial charge in [-0.2, -0.15) is 4.39 Å². The lowest BCUT2D eigenvalue weighted by Crippen LogP contribution is -2.25. The van der Waals surface area contributed by atoms with Crippen LogP contribution in [-0.4, -0.2) is 29.6 Å². The number of fused-ring (bicyclic) bond motifs is 1. The molecule has 0 spiro atoms. The maximum atomic E-state index is 13.0. The summed E-state index contributed by atoms with van der Waals surface area (Å²) < 4.78 is 13.0. The van der Waals surface area contributed by atoms with Crippen LogP contribution in [0.2, 0.25) is 0 Å². The van der Waals surface area contributed by atoms with Crippen molar-refractivity contribution in [3.05, 3.63) is 65.1 Å². The van der Waals surface area contributed by atoms with E-state index in [0.29, 0.717) is 13.1 Å². The van der Waals surface area contributed by atoms with Gasteiger partial charge >= 0.3 is 0 Å². The summed E-state index contributed by atoms with van der Waals surface area (Å²) in [5, 5.41) is 4.63. The van der Waals surface area contributed by atoms with Gasteiger partial charge in [0.2, 0.25) is 5.95 Å². The molecule has 0 fully saturated rings. The van der Waals surface area contributed by atoms with Gasteiger partial charge < -0.3 is 4.90 Å². The molecule has 0 amide bonds. The third-order valence-corrected chi connectivity index (χ3v) is 3.99. The maximum Gasteiger partial charge on any atom is 0.212 e. The van der Waals surface area contributed by atoms with E-state index in [9.17, 15) is 4.39 Å². The predicted octanol–water partition coefficient (Wildman–Crippen LogP) is 4.57. The maximum absolute atomic E-state index is 13.0. The number of halogens is 1. The van der Waals surface area contributed by atoms with Gasteiger partial charge in [-0.05, 0) is 48.9 Å². The van der Waals surface area contributed by atoms with Crippen LogP contribution >= 0.6 is 0 Å². The molecule has 7 heteroatoms. The minimum Gasteiger partial charge on any atom is -0.371 e. The van der Waals surface area contributed by atoms with Crippen molar-refractivity contribution in [2.45, 2.75) is 6.92 Å². The Labute approximate surface area is 144 Å². The molecule has 0 unspecified atom stereocenters. The van der Waals surface area contributed by atoms with E-state index in [-0.39, 0.29) is 0 Å². The molecule has 0 aliphatic rings. The van der Waals surface area contributed by atoms with Gasteiger partial charge in [-0.1, -0.05) is 11.2 Å². The second kappa shape index (κ2) is 7.59. The minimum absolute atomic E-state index is 0.410. The van der Waals surface area contributed by atoms with Crippen LogP contribution in [0.1, 0.15) is 6.92 Å². The highest BCUT2D eigenvalue weighted by molar-refractivity contribution is 5.93. The number of benzene rings is 1. The Balaban J connectivity index is 1.99. The third kappa shape index (κ3) is 3.67. The molecule has 3 rings (SSSR count). The Bertz CT molecular complexity index is 919. The van der Waals surface area contributed by atoms with Crippen LogP contribution in [0.25, 0.3) is 32.6 Å². The average Bonchev–Trinajstić information content (AvgIpc) is 2.65. The molecule has 0 radical (unpaired) electrons. The van der Waals surface area contributed by atoms with E-state index in [1.807, 2.05) is 30.3 Å². The molecule has 2 aromatic heterocycles. The summed E-state index contributed by atoms with van der Waals surface area (Å²) in [6, 6.07) is 12.8. The molecule has 25 heavy (non-hydrogen) atoms. The second-order valence-corrected chi connectivity index (χ2v) is 5.44. The van der Waals surface area contributed by atoms with E-state index in [1.165, 1.54) is 12.3 Å². The second-order valence-electron chi connectivity index (χ2n) is 5.44. The first-order valence-corrected chi connectivity index (χ1v) is 8.00. The van der Waals surface area contributed by atoms with Crippen molar-refractivity contribution in [2.24, 2.45) is 5.11 Å². The van der Waals surface area contributed by atoms with Crippen LogP contribution in [0, 0.1) is 5.95 Å². The van der Waals surface area contributed by atoms with Gasteiger partial charge in [-0.25, -0.2) is 9.97 Å². The number of hydrogen-bond acceptors (Lipinski definition) is 4. The number of anilines is 1. The minimum atomic E-state index is -0.509. The van der Waals surface area contributed by atoms with Crippen LogP contribution < -0.4 is 4.90 Å². The average molecular weight is 336 g/mol. The zero-order chi connectivity index (χ0) is 17.6. The molecule has 0 N–H and O–H groups in total. The predicted molar refractivity (Wildman–Crippen MR) is 96.8 cm³/mol. The van der Waals surface area contributed by atoms with Gasteiger partial charge in [0.05, 0.1) is 11.2 Å². The fourth-order valence-electron chi connectivity index (χ4n) is 2.76. The fourth-order valence-corrected chi connectivity index (χ4v) is 2.76. The van der Waals surface area contributed by atoms with Crippen molar-refractivity contribution < 1.29 is 4.39 Å². The van der Waals surface area contributed by atoms with E-state index in [0.717, 1.165) is 34.4 Å². The topological polar surface area (TPSA) is 77.8 Å². The van der Waals surface area contributed by atoms with Crippen molar-refractivity contribution in [3.63, 3.8) is 0 Å². The van der Waals surface area contributed by atoms with E-state index in [1.54, 1.807) is 6.07 Å². The van der Waals surface area contributed by atoms with Gasteiger partial charge in [-0.3, -0.25) is 0 Å². The number of pyridine rings is 2. The van der Waals surface area contributed by atoms with Crippen molar-refractivity contribution in [2.75, 3.05) is 24.5 Å². The summed E-state index contributed by atoms with van der Waals surface area (Å²) in [5.41, 5.74) is 11.9. The number of likely N-dealkylation sites (N-methyl/N-ethyl adjacent to an activating group) is 1. The van der Waals surface area contributed by atoms with Gasteiger partial charge in [0.25, 0.3) is 0 Å². The number of nitrogens with zero attached hydrogens (tertiary/aromatic N) is 6. The van der Waals surface area contributed by atoms with Crippen LogP contribution in [0.5, 0.6) is 0 Å². The fraction of sp³-hybridized carbons (Fsp3) is 0.222. The first-order chi connectivity index (χ1) is 12.2. The summed E-state index contributed by atoms with van der Waals surface area (Å²) >= 11 is 0. The number of rotatable bonds is 6. The smallest absolute Gasteiger partial charge is 0.212 e. The highest BCUT2D eigenvalue weighted by atomic mass is 19.1. The van der Waals surface area contributed by atoms with Crippen LogP contribution in [0.15, 0.2) is 53.8 Å². The lowest BCUT2D eigenvalue weighted by molar-refractivity contribution is 0.584. The summed E-state index contributed by atoms with van der Waals surface area (Å²) in [6.45, 7) is 3.90. The Morgan fingerprint density at radius 1 is 1.20 bits per heavy atom. The molecule has 0 aliphatic heterocycles. The summed E-state index contributed by atoms with van der Waals surface area (Å²) in [7, 11) is 0. The van der Waals surface area contributed by atoms with Crippen LogP contribution in [0.4, 0.5) is 10.1 Å². The van der Waals surface area contributed by atoms with Gasteiger partial charge in [0.1, 0.15) is 0 Å². The van der Waals surface area contributed by atoms with Gasteiger partial charge in [0, 0.05) is 47.4 Å². The summed E-state index contributed by atoms with van der Waals surface area (Å²) in [5.74, 6) is -0.509. The zero-order valence-corrected chi connectivity index (χ0v) is 13.8. The Kier molecular flexibility index (Phi) is 5.06. The zero-order valence-electron chi connectivity index (χ0n) is 13.8. The van der Waals surface area contributed by atoms with Crippen LogP contribution in [0.3, 0.4) is 0 Å². The molecule has 1 aromatic carbocycles. The first kappa shape index (κ1) is 16.7. The number of azide groups is 1. The van der Waals surface area contributed by atoms with E-state index >= 15 is 0 Å². The molecule has 0 saturated carbocycles. The van der Waals surface area contributed by atoms with E-state index in [2.05, 4.69) is 31.8 Å². The summed E-state index contributed by atoms with van der Waals surface area (Å²) in [6.07, 6.45) is 1.48. The number of aromatic nitrogens is 2. The van der Waals surface area contributed by atoms with Gasteiger partial charge in [-0.15, -0.1) is 0 Å². The highest BCUT2D eigenvalue weighted by Crippen LogP contribution is 2.28. The van der Waals surface area contributed by atoms with Crippen molar-refractivity contribution in [1.29, 1.82) is 0 Å².